The van der Waals surface area contributed by atoms with Crippen LogP contribution in [-0.4, -0.2) is 23.4 Å². The minimum Gasteiger partial charge on any atom is -0.324 e. The van der Waals surface area contributed by atoms with Crippen molar-refractivity contribution in [3.05, 3.63) is 90.3 Å². The van der Waals surface area contributed by atoms with E-state index < -0.39 is 10.0 Å². The highest BCUT2D eigenvalue weighted by molar-refractivity contribution is 7.92. The molecule has 2 aromatic carbocycles. The molecule has 4 rings (SSSR count). The maximum Gasteiger partial charge on any atom is 0.261 e. The third-order valence-corrected chi connectivity index (χ3v) is 5.76. The van der Waals surface area contributed by atoms with E-state index in [2.05, 4.69) is 25.0 Å². The summed E-state index contributed by atoms with van der Waals surface area (Å²) in [5.74, 6) is 0.383. The molecular formula is C21H16ClN5O2S. The Kier molecular flexibility index (Phi) is 5.60. The van der Waals surface area contributed by atoms with Gasteiger partial charge in [-0.15, -0.1) is 0 Å². The first-order valence-electron chi connectivity index (χ1n) is 8.88. The molecule has 0 amide bonds. The Labute approximate surface area is 178 Å². The van der Waals surface area contributed by atoms with E-state index >= 15 is 0 Å². The predicted molar refractivity (Wildman–Crippen MR) is 117 cm³/mol. The number of nitrogens with zero attached hydrogens (tertiary/aromatic N) is 3. The average molecular weight is 438 g/mol. The van der Waals surface area contributed by atoms with Gasteiger partial charge >= 0.3 is 0 Å². The van der Waals surface area contributed by atoms with E-state index in [0.717, 1.165) is 11.3 Å². The molecule has 2 aromatic heterocycles. The third kappa shape index (κ3) is 4.73. The Bertz CT molecular complexity index is 1270. The van der Waals surface area contributed by atoms with Crippen LogP contribution in [0, 0.1) is 0 Å². The summed E-state index contributed by atoms with van der Waals surface area (Å²) in [6, 6.07) is 18.3. The van der Waals surface area contributed by atoms with Gasteiger partial charge in [0.1, 0.15) is 0 Å². The summed E-state index contributed by atoms with van der Waals surface area (Å²) in [5, 5.41) is 3.56. The summed E-state index contributed by atoms with van der Waals surface area (Å²) in [6.45, 7) is 0. The number of anilines is 3. The molecule has 9 heteroatoms. The summed E-state index contributed by atoms with van der Waals surface area (Å²) >= 11 is 5.83. The van der Waals surface area contributed by atoms with E-state index in [1.165, 1.54) is 24.3 Å². The first-order chi connectivity index (χ1) is 14.5. The predicted octanol–water partition coefficient (Wildman–Crippen LogP) is 4.74. The fraction of sp³-hybridized carbons (Fsp3) is 0. The standard InChI is InChI=1S/C21H16ClN5O2S/c22-16-6-8-19(9-7-16)30(28,29)27-18-5-1-4-17(13-18)25-21-24-12-10-20(26-21)15-3-2-11-23-14-15/h1-14,27H,(H,24,25,26). The largest absolute Gasteiger partial charge is 0.324 e. The second-order valence-electron chi connectivity index (χ2n) is 6.27. The second-order valence-corrected chi connectivity index (χ2v) is 8.39. The van der Waals surface area contributed by atoms with E-state index in [-0.39, 0.29) is 4.90 Å². The number of rotatable bonds is 6. The summed E-state index contributed by atoms with van der Waals surface area (Å²) in [5.41, 5.74) is 2.63. The van der Waals surface area contributed by atoms with Crippen LogP contribution in [0.15, 0.2) is 90.2 Å². The van der Waals surface area contributed by atoms with Crippen molar-refractivity contribution in [3.63, 3.8) is 0 Å². The van der Waals surface area contributed by atoms with Gasteiger partial charge in [0, 0.05) is 34.9 Å². The lowest BCUT2D eigenvalue weighted by Crippen LogP contribution is -2.12. The molecule has 0 aliphatic carbocycles. The Hall–Kier alpha value is -3.49. The maximum absolute atomic E-state index is 12.6. The molecule has 0 atom stereocenters. The van der Waals surface area contributed by atoms with E-state index in [1.54, 1.807) is 48.9 Å². The molecular weight excluding hydrogens is 422 g/mol. The van der Waals surface area contributed by atoms with Crippen LogP contribution >= 0.6 is 11.6 Å². The topological polar surface area (TPSA) is 96.9 Å². The Morgan fingerprint density at radius 2 is 1.67 bits per heavy atom. The van der Waals surface area contributed by atoms with Crippen LogP contribution < -0.4 is 10.0 Å². The highest BCUT2D eigenvalue weighted by atomic mass is 35.5. The van der Waals surface area contributed by atoms with Crippen LogP contribution in [0.1, 0.15) is 0 Å². The number of hydrogen-bond donors (Lipinski definition) is 2. The zero-order chi connectivity index (χ0) is 21.0. The molecule has 0 aliphatic heterocycles. The van der Waals surface area contributed by atoms with Gasteiger partial charge in [-0.25, -0.2) is 18.4 Å². The Balaban J connectivity index is 1.54. The molecule has 0 radical (unpaired) electrons. The Morgan fingerprint density at radius 3 is 2.43 bits per heavy atom. The molecule has 7 nitrogen and oxygen atoms in total. The summed E-state index contributed by atoms with van der Waals surface area (Å²) < 4.78 is 27.7. The number of pyridine rings is 1. The smallest absolute Gasteiger partial charge is 0.261 e. The van der Waals surface area contributed by atoms with Crippen molar-refractivity contribution in [2.24, 2.45) is 0 Å². The number of nitrogens with one attached hydrogen (secondary N) is 2. The lowest BCUT2D eigenvalue weighted by Gasteiger charge is -2.11. The number of halogens is 1. The van der Waals surface area contributed by atoms with Gasteiger partial charge in [-0.2, -0.15) is 0 Å². The quantitative estimate of drug-likeness (QED) is 0.452. The number of aromatic nitrogens is 3. The maximum atomic E-state index is 12.6. The Morgan fingerprint density at radius 1 is 0.867 bits per heavy atom. The molecule has 0 saturated carbocycles. The van der Waals surface area contributed by atoms with Gasteiger partial charge < -0.3 is 5.32 Å². The van der Waals surface area contributed by atoms with Crippen molar-refractivity contribution in [1.82, 2.24) is 15.0 Å². The summed E-state index contributed by atoms with van der Waals surface area (Å²) in [6.07, 6.45) is 5.06. The van der Waals surface area contributed by atoms with E-state index in [0.29, 0.717) is 22.3 Å². The summed E-state index contributed by atoms with van der Waals surface area (Å²) in [4.78, 5) is 12.9. The van der Waals surface area contributed by atoms with Gasteiger partial charge in [0.05, 0.1) is 16.3 Å². The number of sulfonamides is 1. The van der Waals surface area contributed by atoms with Crippen molar-refractivity contribution in [3.8, 4) is 11.3 Å². The summed E-state index contributed by atoms with van der Waals surface area (Å²) in [7, 11) is -3.74. The second kappa shape index (κ2) is 8.48. The van der Waals surface area contributed by atoms with Crippen LogP contribution in [0.2, 0.25) is 5.02 Å². The molecule has 0 saturated heterocycles. The first kappa shape index (κ1) is 19.8. The van der Waals surface area contributed by atoms with Crippen LogP contribution in [0.25, 0.3) is 11.3 Å². The molecule has 0 spiro atoms. The van der Waals surface area contributed by atoms with E-state index in [1.807, 2.05) is 12.1 Å². The van der Waals surface area contributed by atoms with Gasteiger partial charge in [-0.05, 0) is 60.7 Å². The zero-order valence-electron chi connectivity index (χ0n) is 15.5. The molecule has 30 heavy (non-hydrogen) atoms. The van der Waals surface area contributed by atoms with Gasteiger partial charge in [0.15, 0.2) is 0 Å². The van der Waals surface area contributed by atoms with Crippen LogP contribution in [0.3, 0.4) is 0 Å². The minimum atomic E-state index is -3.74. The van der Waals surface area contributed by atoms with Gasteiger partial charge in [0.2, 0.25) is 5.95 Å². The lowest BCUT2D eigenvalue weighted by molar-refractivity contribution is 0.601. The van der Waals surface area contributed by atoms with E-state index in [4.69, 9.17) is 11.6 Å². The molecule has 0 fully saturated rings. The normalized spacial score (nSPS) is 11.1. The molecule has 2 N–H and O–H groups in total. The molecule has 150 valence electrons. The van der Waals surface area contributed by atoms with Gasteiger partial charge in [-0.1, -0.05) is 17.7 Å². The third-order valence-electron chi connectivity index (χ3n) is 4.11. The highest BCUT2D eigenvalue weighted by Gasteiger charge is 2.14. The fourth-order valence-corrected chi connectivity index (χ4v) is 3.89. The van der Waals surface area contributed by atoms with Crippen LogP contribution in [-0.2, 0) is 10.0 Å². The fourth-order valence-electron chi connectivity index (χ4n) is 2.71. The zero-order valence-corrected chi connectivity index (χ0v) is 17.1. The van der Waals surface area contributed by atoms with Crippen molar-refractivity contribution in [2.45, 2.75) is 4.90 Å². The van der Waals surface area contributed by atoms with Crippen LogP contribution in [0.5, 0.6) is 0 Å². The van der Waals surface area contributed by atoms with Crippen molar-refractivity contribution in [2.75, 3.05) is 10.0 Å². The van der Waals surface area contributed by atoms with Crippen LogP contribution in [0.4, 0.5) is 17.3 Å². The molecule has 2 heterocycles. The number of benzene rings is 2. The first-order valence-corrected chi connectivity index (χ1v) is 10.7. The molecule has 4 aromatic rings. The molecule has 0 bridgehead atoms. The van der Waals surface area contributed by atoms with Crippen molar-refractivity contribution in [1.29, 1.82) is 0 Å². The molecule has 0 aliphatic rings. The highest BCUT2D eigenvalue weighted by Crippen LogP contribution is 2.23. The van der Waals surface area contributed by atoms with Gasteiger partial charge in [-0.3, -0.25) is 9.71 Å². The average Bonchev–Trinajstić information content (AvgIpc) is 2.75. The van der Waals surface area contributed by atoms with Crippen molar-refractivity contribution < 1.29 is 8.42 Å². The molecule has 0 unspecified atom stereocenters. The SMILES string of the molecule is O=S(=O)(Nc1cccc(Nc2nccc(-c3cccnc3)n2)c1)c1ccc(Cl)cc1. The van der Waals surface area contributed by atoms with Gasteiger partial charge in [0.25, 0.3) is 10.0 Å². The lowest BCUT2D eigenvalue weighted by atomic mass is 10.2. The van der Waals surface area contributed by atoms with Crippen molar-refractivity contribution >= 4 is 38.9 Å². The minimum absolute atomic E-state index is 0.123. The monoisotopic (exact) mass is 437 g/mol. The number of hydrogen-bond acceptors (Lipinski definition) is 6. The van der Waals surface area contributed by atoms with E-state index in [9.17, 15) is 8.42 Å².